The minimum Gasteiger partial charge on any atom is -0.447 e. The maximum atomic E-state index is 12.2. The number of rotatable bonds is 7. The normalized spacial score (nSPS) is 19.2. The molecule has 0 spiro atoms. The molecule has 0 unspecified atom stereocenters. The van der Waals surface area contributed by atoms with Gasteiger partial charge in [-0.25, -0.2) is 14.7 Å². The number of halogens is 1. The Kier molecular flexibility index (Phi) is 5.21. The van der Waals surface area contributed by atoms with Gasteiger partial charge in [-0.3, -0.25) is 0 Å². The van der Waals surface area contributed by atoms with Gasteiger partial charge in [0, 0.05) is 17.8 Å². The molecular formula is C22H24ClN7O2. The first-order chi connectivity index (χ1) is 15.5. The zero-order valence-corrected chi connectivity index (χ0v) is 18.7. The smallest absolute Gasteiger partial charge is 0.417 e. The van der Waals surface area contributed by atoms with Crippen molar-refractivity contribution in [2.45, 2.75) is 51.2 Å². The van der Waals surface area contributed by atoms with Crippen LogP contribution in [0, 0.1) is 6.92 Å². The minimum absolute atomic E-state index is 0.0735. The Morgan fingerprint density at radius 3 is 2.72 bits per heavy atom. The Labute approximate surface area is 190 Å². The number of cyclic esters (lactones) is 1. The SMILES string of the molecule is CC[C@H]1COC(=O)N1c1nc(C)nc(NC2(c3cn(Cc4ccc(Cl)cc4)cn3)CC2)n1. The summed E-state index contributed by atoms with van der Waals surface area (Å²) < 4.78 is 7.24. The van der Waals surface area contributed by atoms with E-state index in [2.05, 4.69) is 36.0 Å². The van der Waals surface area contributed by atoms with Crippen molar-refractivity contribution in [1.29, 1.82) is 0 Å². The Balaban J connectivity index is 1.35. The number of aryl methyl sites for hydroxylation is 1. The van der Waals surface area contributed by atoms with E-state index in [1.807, 2.05) is 37.5 Å². The van der Waals surface area contributed by atoms with E-state index in [0.29, 0.717) is 30.9 Å². The van der Waals surface area contributed by atoms with Crippen molar-refractivity contribution in [3.05, 3.63) is 58.9 Å². The van der Waals surface area contributed by atoms with Gasteiger partial charge in [0.05, 0.1) is 23.6 Å². The van der Waals surface area contributed by atoms with Gasteiger partial charge in [0.25, 0.3) is 0 Å². The van der Waals surface area contributed by atoms with Crippen molar-refractivity contribution >= 4 is 29.6 Å². The Morgan fingerprint density at radius 1 is 1.22 bits per heavy atom. The fraction of sp³-hybridized carbons (Fsp3) is 0.409. The van der Waals surface area contributed by atoms with E-state index in [-0.39, 0.29) is 11.6 Å². The maximum absolute atomic E-state index is 12.2. The van der Waals surface area contributed by atoms with E-state index in [0.717, 1.165) is 35.5 Å². The zero-order valence-electron chi connectivity index (χ0n) is 18.0. The number of nitrogens with one attached hydrogen (secondary N) is 1. The average molecular weight is 454 g/mol. The van der Waals surface area contributed by atoms with Gasteiger partial charge in [0.2, 0.25) is 11.9 Å². The number of hydrogen-bond acceptors (Lipinski definition) is 7. The molecule has 5 rings (SSSR count). The first-order valence-corrected chi connectivity index (χ1v) is 11.1. The van der Waals surface area contributed by atoms with Crippen LogP contribution in [0.2, 0.25) is 5.02 Å². The molecule has 1 saturated heterocycles. The number of nitrogens with zero attached hydrogens (tertiary/aromatic N) is 6. The lowest BCUT2D eigenvalue weighted by Gasteiger charge is -2.20. The summed E-state index contributed by atoms with van der Waals surface area (Å²) in [6.45, 7) is 4.86. The first-order valence-electron chi connectivity index (χ1n) is 10.7. The number of ether oxygens (including phenoxy) is 1. The maximum Gasteiger partial charge on any atom is 0.417 e. The monoisotopic (exact) mass is 453 g/mol. The standard InChI is InChI=1S/C22H24ClN7O2/c1-3-17-12-32-21(31)30(17)20-26-14(2)25-19(27-20)28-22(8-9-22)18-11-29(13-24-18)10-15-4-6-16(23)7-5-15/h4-7,11,13,17H,3,8-10,12H2,1-2H3,(H,25,26,27,28)/t17-/m0/s1. The van der Waals surface area contributed by atoms with Gasteiger partial charge >= 0.3 is 6.09 Å². The largest absolute Gasteiger partial charge is 0.447 e. The number of anilines is 2. The second-order valence-electron chi connectivity index (χ2n) is 8.28. The van der Waals surface area contributed by atoms with E-state index in [1.54, 1.807) is 6.92 Å². The lowest BCUT2D eigenvalue weighted by atomic mass is 10.2. The van der Waals surface area contributed by atoms with Gasteiger partial charge in [-0.1, -0.05) is 30.7 Å². The Morgan fingerprint density at radius 2 is 2.00 bits per heavy atom. The fourth-order valence-corrected chi connectivity index (χ4v) is 4.04. The van der Waals surface area contributed by atoms with Gasteiger partial charge in [0.15, 0.2) is 0 Å². The molecule has 1 atom stereocenters. The van der Waals surface area contributed by atoms with Crippen LogP contribution < -0.4 is 10.2 Å². The highest BCUT2D eigenvalue weighted by Crippen LogP contribution is 2.47. The van der Waals surface area contributed by atoms with E-state index < -0.39 is 6.09 Å². The molecule has 32 heavy (non-hydrogen) atoms. The fourth-order valence-electron chi connectivity index (χ4n) is 3.92. The van der Waals surface area contributed by atoms with Gasteiger partial charge in [-0.2, -0.15) is 15.0 Å². The number of carbonyl (C=O) groups is 1. The Bertz CT molecular complexity index is 1140. The van der Waals surface area contributed by atoms with Gasteiger partial charge in [-0.05, 0) is 43.9 Å². The predicted molar refractivity (Wildman–Crippen MR) is 120 cm³/mol. The van der Waals surface area contributed by atoms with Crippen molar-refractivity contribution in [2.75, 3.05) is 16.8 Å². The summed E-state index contributed by atoms with van der Waals surface area (Å²) in [4.78, 5) is 31.7. The summed E-state index contributed by atoms with van der Waals surface area (Å²) in [5.41, 5.74) is 1.78. The van der Waals surface area contributed by atoms with Crippen molar-refractivity contribution in [3.8, 4) is 0 Å². The summed E-state index contributed by atoms with van der Waals surface area (Å²) in [6.07, 6.45) is 6.07. The molecule has 3 heterocycles. The topological polar surface area (TPSA) is 98.1 Å². The molecule has 1 N–H and O–H groups in total. The van der Waals surface area contributed by atoms with Crippen LogP contribution in [0.25, 0.3) is 0 Å². The number of aromatic nitrogens is 5. The number of hydrogen-bond donors (Lipinski definition) is 1. The van der Waals surface area contributed by atoms with Crippen LogP contribution in [0.4, 0.5) is 16.7 Å². The molecule has 2 fully saturated rings. The third kappa shape index (κ3) is 4.00. The van der Waals surface area contributed by atoms with Crippen molar-refractivity contribution < 1.29 is 9.53 Å². The van der Waals surface area contributed by atoms with E-state index in [9.17, 15) is 4.79 Å². The van der Waals surface area contributed by atoms with Gasteiger partial charge in [-0.15, -0.1) is 0 Å². The molecule has 166 valence electrons. The van der Waals surface area contributed by atoms with Gasteiger partial charge < -0.3 is 14.6 Å². The van der Waals surface area contributed by atoms with Crippen LogP contribution in [0.1, 0.15) is 43.3 Å². The molecule has 1 saturated carbocycles. The summed E-state index contributed by atoms with van der Waals surface area (Å²) in [5.74, 6) is 1.29. The zero-order chi connectivity index (χ0) is 22.3. The van der Waals surface area contributed by atoms with Crippen molar-refractivity contribution in [2.24, 2.45) is 0 Å². The summed E-state index contributed by atoms with van der Waals surface area (Å²) in [7, 11) is 0. The molecular weight excluding hydrogens is 430 g/mol. The second-order valence-corrected chi connectivity index (χ2v) is 8.72. The summed E-state index contributed by atoms with van der Waals surface area (Å²) in [6, 6.07) is 7.72. The first kappa shape index (κ1) is 20.7. The molecule has 1 aromatic carbocycles. The van der Waals surface area contributed by atoms with E-state index in [4.69, 9.17) is 16.3 Å². The molecule has 10 heteroatoms. The molecule has 2 aliphatic rings. The highest BCUT2D eigenvalue weighted by molar-refractivity contribution is 6.30. The summed E-state index contributed by atoms with van der Waals surface area (Å²) >= 11 is 5.98. The number of amides is 1. The van der Waals surface area contributed by atoms with Crippen molar-refractivity contribution in [1.82, 2.24) is 24.5 Å². The quantitative estimate of drug-likeness (QED) is 0.579. The molecule has 1 aliphatic carbocycles. The van der Waals surface area contributed by atoms with Crippen LogP contribution in [0.15, 0.2) is 36.8 Å². The molecule has 1 amide bonds. The van der Waals surface area contributed by atoms with Crippen molar-refractivity contribution in [3.63, 3.8) is 0 Å². The second kappa shape index (κ2) is 8.05. The lowest BCUT2D eigenvalue weighted by molar-refractivity contribution is 0.178. The molecule has 9 nitrogen and oxygen atoms in total. The Hall–Kier alpha value is -3.20. The molecule has 0 radical (unpaired) electrons. The predicted octanol–water partition coefficient (Wildman–Crippen LogP) is 3.91. The third-order valence-electron chi connectivity index (χ3n) is 5.89. The molecule has 3 aromatic rings. The highest BCUT2D eigenvalue weighted by atomic mass is 35.5. The van der Waals surface area contributed by atoms with Gasteiger partial charge in [0.1, 0.15) is 12.4 Å². The van der Waals surface area contributed by atoms with Crippen LogP contribution in [-0.2, 0) is 16.8 Å². The van der Waals surface area contributed by atoms with Crippen LogP contribution in [0.3, 0.4) is 0 Å². The van der Waals surface area contributed by atoms with Crippen LogP contribution in [0.5, 0.6) is 0 Å². The summed E-state index contributed by atoms with van der Waals surface area (Å²) in [5, 5.41) is 4.17. The van der Waals surface area contributed by atoms with E-state index >= 15 is 0 Å². The van der Waals surface area contributed by atoms with Crippen LogP contribution in [-0.4, -0.2) is 43.2 Å². The highest BCUT2D eigenvalue weighted by Gasteiger charge is 2.47. The third-order valence-corrected chi connectivity index (χ3v) is 6.14. The average Bonchev–Trinajstić information content (AvgIpc) is 3.21. The number of carbonyl (C=O) groups excluding carboxylic acids is 1. The van der Waals surface area contributed by atoms with Crippen LogP contribution >= 0.6 is 11.6 Å². The van der Waals surface area contributed by atoms with E-state index in [1.165, 1.54) is 4.90 Å². The number of benzene rings is 1. The lowest BCUT2D eigenvalue weighted by Crippen LogP contribution is -2.35. The molecule has 0 bridgehead atoms. The minimum atomic E-state index is -0.421. The molecule has 1 aliphatic heterocycles. The number of imidazole rings is 1. The molecule has 2 aromatic heterocycles.